The van der Waals surface area contributed by atoms with Crippen molar-refractivity contribution >= 4 is 41.8 Å². The van der Waals surface area contributed by atoms with E-state index < -0.39 is 0 Å². The van der Waals surface area contributed by atoms with E-state index in [1.54, 1.807) is 6.20 Å². The second-order valence-electron chi connectivity index (χ2n) is 3.33. The minimum Gasteiger partial charge on any atom is -0.343 e. The van der Waals surface area contributed by atoms with Gasteiger partial charge in [0.2, 0.25) is 0 Å². The van der Waals surface area contributed by atoms with Gasteiger partial charge in [0.25, 0.3) is 0 Å². The molecular formula is C7H9BIN2OP. The van der Waals surface area contributed by atoms with Crippen LogP contribution in [0.2, 0.25) is 0 Å². The van der Waals surface area contributed by atoms with Crippen molar-refractivity contribution in [2.75, 3.05) is 0 Å². The minimum atomic E-state index is 0.0676. The maximum atomic E-state index is 5.67. The normalized spacial score (nSPS) is 19.8. The van der Waals surface area contributed by atoms with E-state index in [4.69, 9.17) is 12.4 Å². The van der Waals surface area contributed by atoms with Gasteiger partial charge in [-0.3, -0.25) is 4.68 Å². The summed E-state index contributed by atoms with van der Waals surface area (Å²) in [7, 11) is 5.57. The first kappa shape index (κ1) is 9.93. The molecule has 2 radical (unpaired) electrons. The van der Waals surface area contributed by atoms with Gasteiger partial charge in [-0.1, -0.05) is 5.46 Å². The van der Waals surface area contributed by atoms with Crippen LogP contribution in [0.4, 0.5) is 0 Å². The maximum absolute atomic E-state index is 5.67. The molecule has 1 aliphatic rings. The van der Waals surface area contributed by atoms with Crippen molar-refractivity contribution in [3.8, 4) is 0 Å². The number of nitrogens with zero attached hydrogens (tertiary/aromatic N) is 2. The Morgan fingerprint density at radius 2 is 2.54 bits per heavy atom. The lowest BCUT2D eigenvalue weighted by Crippen LogP contribution is -2.18. The Kier molecular flexibility index (Phi) is 2.96. The number of rotatable bonds is 4. The van der Waals surface area contributed by atoms with Gasteiger partial charge in [0.05, 0.1) is 18.6 Å². The van der Waals surface area contributed by atoms with Crippen molar-refractivity contribution in [2.24, 2.45) is 0 Å². The lowest BCUT2D eigenvalue weighted by molar-refractivity contribution is 0.182. The molecule has 1 fully saturated rings. The Hall–Kier alpha value is 0.395. The highest BCUT2D eigenvalue weighted by Crippen LogP contribution is 2.47. The van der Waals surface area contributed by atoms with Crippen molar-refractivity contribution in [3.63, 3.8) is 0 Å². The van der Waals surface area contributed by atoms with Gasteiger partial charge in [-0.25, -0.2) is 0 Å². The molecule has 1 aromatic heterocycles. The molecule has 1 aliphatic carbocycles. The molecule has 3 nitrogen and oxygen atoms in total. The standard InChI is InChI=1S/C7H9BIN2OP/c8-6-3-10-11(4-6)5-7(1-2-7)12-13-9/h3-4,13H,1-2,5H2. The summed E-state index contributed by atoms with van der Waals surface area (Å²) in [6.07, 6.45) is 5.80. The SMILES string of the molecule is [B]c1cnn(CC2(OPI)CC2)c1. The molecule has 13 heavy (non-hydrogen) atoms. The molecule has 6 heteroatoms. The predicted octanol–water partition coefficient (Wildman–Crippen LogP) is 1.17. The van der Waals surface area contributed by atoms with Crippen molar-refractivity contribution < 1.29 is 4.52 Å². The Labute approximate surface area is 93.4 Å². The third-order valence-corrected chi connectivity index (χ3v) is 3.34. The van der Waals surface area contributed by atoms with Crippen molar-refractivity contribution in [1.82, 2.24) is 9.78 Å². The van der Waals surface area contributed by atoms with Crippen LogP contribution in [0, 0.1) is 0 Å². The molecule has 0 N–H and O–H groups in total. The van der Waals surface area contributed by atoms with Gasteiger partial charge in [0.15, 0.2) is 0 Å². The first-order valence-corrected chi connectivity index (χ1v) is 8.08. The molecule has 1 unspecified atom stereocenters. The van der Waals surface area contributed by atoms with E-state index in [0.29, 0.717) is 11.9 Å². The smallest absolute Gasteiger partial charge is 0.118 e. The first-order chi connectivity index (χ1) is 6.24. The summed E-state index contributed by atoms with van der Waals surface area (Å²) in [4.78, 5) is 0. The van der Waals surface area contributed by atoms with E-state index in [1.165, 1.54) is 0 Å². The second kappa shape index (κ2) is 3.87. The fourth-order valence-corrected chi connectivity index (χ4v) is 3.11. The number of aromatic nitrogens is 2. The average molecular weight is 306 g/mol. The summed E-state index contributed by atoms with van der Waals surface area (Å²) in [5, 5.41) is 4.14. The molecular weight excluding hydrogens is 297 g/mol. The summed E-state index contributed by atoms with van der Waals surface area (Å²) in [5.41, 5.74) is 0.783. The molecule has 1 saturated carbocycles. The van der Waals surface area contributed by atoms with Gasteiger partial charge in [0.1, 0.15) is 7.85 Å². The molecule has 68 valence electrons. The summed E-state index contributed by atoms with van der Waals surface area (Å²) in [6.45, 7) is 1.36. The largest absolute Gasteiger partial charge is 0.343 e. The molecule has 0 aromatic carbocycles. The molecule has 1 atom stereocenters. The zero-order valence-corrected chi connectivity index (χ0v) is 10.2. The average Bonchev–Trinajstić information content (AvgIpc) is 2.70. The topological polar surface area (TPSA) is 27.1 Å². The molecule has 0 spiro atoms. The lowest BCUT2D eigenvalue weighted by Gasteiger charge is -2.13. The summed E-state index contributed by atoms with van der Waals surface area (Å²) < 4.78 is 7.53. The maximum Gasteiger partial charge on any atom is 0.118 e. The fourth-order valence-electron chi connectivity index (χ4n) is 1.27. The Morgan fingerprint density at radius 3 is 3.00 bits per heavy atom. The summed E-state index contributed by atoms with van der Waals surface area (Å²) in [6, 6.07) is 0. The quantitative estimate of drug-likeness (QED) is 0.474. The van der Waals surface area contributed by atoms with Crippen LogP contribution in [0.15, 0.2) is 12.4 Å². The third kappa shape index (κ3) is 2.45. The van der Waals surface area contributed by atoms with Crippen molar-refractivity contribution in [2.45, 2.75) is 25.0 Å². The highest BCUT2D eigenvalue weighted by Gasteiger charge is 2.44. The monoisotopic (exact) mass is 306 g/mol. The van der Waals surface area contributed by atoms with E-state index >= 15 is 0 Å². The van der Waals surface area contributed by atoms with Gasteiger partial charge in [-0.15, -0.1) is 0 Å². The number of halogens is 1. The molecule has 1 aromatic rings. The highest BCUT2D eigenvalue weighted by atomic mass is 127. The van der Waals surface area contributed by atoms with E-state index in [9.17, 15) is 0 Å². The Balaban J connectivity index is 1.98. The van der Waals surface area contributed by atoms with Crippen LogP contribution in [0.1, 0.15) is 12.8 Å². The number of hydrogen-bond donors (Lipinski definition) is 0. The van der Waals surface area contributed by atoms with Gasteiger partial charge in [-0.2, -0.15) is 5.10 Å². The molecule has 1 heterocycles. The molecule has 0 saturated heterocycles. The van der Waals surface area contributed by atoms with E-state index in [1.807, 2.05) is 10.9 Å². The van der Waals surface area contributed by atoms with Crippen LogP contribution < -0.4 is 5.46 Å². The van der Waals surface area contributed by atoms with E-state index in [0.717, 1.165) is 19.4 Å². The Morgan fingerprint density at radius 1 is 1.77 bits per heavy atom. The van der Waals surface area contributed by atoms with Gasteiger partial charge in [0, 0.05) is 12.4 Å². The lowest BCUT2D eigenvalue weighted by atomic mass is 10.0. The van der Waals surface area contributed by atoms with Crippen LogP contribution in [-0.2, 0) is 11.1 Å². The molecule has 0 bridgehead atoms. The van der Waals surface area contributed by atoms with Crippen LogP contribution in [0.5, 0.6) is 0 Å². The minimum absolute atomic E-state index is 0.0676. The summed E-state index contributed by atoms with van der Waals surface area (Å²) in [5.74, 6) is 0. The van der Waals surface area contributed by atoms with Crippen LogP contribution in [0.3, 0.4) is 0 Å². The van der Waals surface area contributed by atoms with Gasteiger partial charge < -0.3 is 4.52 Å². The van der Waals surface area contributed by atoms with Crippen LogP contribution >= 0.6 is 28.5 Å². The molecule has 0 amide bonds. The second-order valence-corrected chi connectivity index (χ2v) is 5.01. The highest BCUT2D eigenvalue weighted by molar-refractivity contribution is 14.2. The Bertz CT molecular complexity index is 302. The van der Waals surface area contributed by atoms with Crippen molar-refractivity contribution in [3.05, 3.63) is 12.4 Å². The van der Waals surface area contributed by atoms with Gasteiger partial charge in [-0.05, 0) is 34.9 Å². The van der Waals surface area contributed by atoms with E-state index in [-0.39, 0.29) is 5.60 Å². The van der Waals surface area contributed by atoms with Crippen LogP contribution in [0.25, 0.3) is 0 Å². The summed E-state index contributed by atoms with van der Waals surface area (Å²) >= 11 is 2.25. The zero-order chi connectivity index (χ0) is 9.31. The first-order valence-electron chi connectivity index (χ1n) is 4.06. The van der Waals surface area contributed by atoms with E-state index in [2.05, 4.69) is 27.1 Å². The molecule has 0 aliphatic heterocycles. The third-order valence-electron chi connectivity index (χ3n) is 2.17. The predicted molar refractivity (Wildman–Crippen MR) is 63.0 cm³/mol. The molecule has 2 rings (SSSR count). The zero-order valence-electron chi connectivity index (χ0n) is 7.03. The fraction of sp³-hybridized carbons (Fsp3) is 0.571. The van der Waals surface area contributed by atoms with Crippen molar-refractivity contribution in [1.29, 1.82) is 0 Å². The van der Waals surface area contributed by atoms with Gasteiger partial charge >= 0.3 is 0 Å². The number of hydrogen-bond acceptors (Lipinski definition) is 2. The van der Waals surface area contributed by atoms with Crippen LogP contribution in [-0.4, -0.2) is 23.2 Å².